The number of rotatable bonds is 3. The fourth-order valence-corrected chi connectivity index (χ4v) is 4.17. The van der Waals surface area contributed by atoms with Gasteiger partial charge in [-0.1, -0.05) is 30.3 Å². The second kappa shape index (κ2) is 6.21. The van der Waals surface area contributed by atoms with Gasteiger partial charge in [0.2, 0.25) is 0 Å². The van der Waals surface area contributed by atoms with E-state index in [0.29, 0.717) is 18.6 Å². The van der Waals surface area contributed by atoms with E-state index in [1.165, 1.54) is 12.7 Å². The summed E-state index contributed by atoms with van der Waals surface area (Å²) in [5, 5.41) is 0. The van der Waals surface area contributed by atoms with Crippen LogP contribution < -0.4 is 0 Å². The molecular weight excluding hydrogens is 278 g/mol. The maximum absolute atomic E-state index is 12.4. The summed E-state index contributed by atoms with van der Waals surface area (Å²) < 4.78 is 5.07. The Morgan fingerprint density at radius 2 is 2.09 bits per heavy atom. The Hall–Kier alpha value is -1.68. The summed E-state index contributed by atoms with van der Waals surface area (Å²) in [4.78, 5) is 26.6. The van der Waals surface area contributed by atoms with Gasteiger partial charge in [-0.05, 0) is 31.4 Å². The Morgan fingerprint density at radius 1 is 1.32 bits per heavy atom. The van der Waals surface area contributed by atoms with E-state index in [4.69, 9.17) is 4.74 Å². The van der Waals surface area contributed by atoms with Crippen molar-refractivity contribution >= 4 is 11.8 Å². The van der Waals surface area contributed by atoms with Crippen molar-refractivity contribution in [3.05, 3.63) is 35.9 Å². The molecule has 1 saturated heterocycles. The zero-order valence-electron chi connectivity index (χ0n) is 13.1. The molecule has 1 aromatic rings. The molecule has 1 spiro atoms. The molecule has 1 aromatic carbocycles. The quantitative estimate of drug-likeness (QED) is 0.805. The van der Waals surface area contributed by atoms with E-state index in [1.807, 2.05) is 18.2 Å². The van der Waals surface area contributed by atoms with E-state index in [2.05, 4.69) is 17.0 Å². The third-order valence-corrected chi connectivity index (χ3v) is 5.17. The number of hydrogen-bond acceptors (Lipinski definition) is 4. The maximum atomic E-state index is 12.4. The van der Waals surface area contributed by atoms with Gasteiger partial charge >= 0.3 is 5.97 Å². The summed E-state index contributed by atoms with van der Waals surface area (Å²) in [6.07, 6.45) is 3.94. The Balaban J connectivity index is 1.84. The summed E-state index contributed by atoms with van der Waals surface area (Å²) in [6.45, 7) is 1.58. The molecule has 1 aliphatic heterocycles. The van der Waals surface area contributed by atoms with Crippen LogP contribution in [0, 0.1) is 5.41 Å². The van der Waals surface area contributed by atoms with Crippen LogP contribution in [0.25, 0.3) is 0 Å². The number of esters is 1. The van der Waals surface area contributed by atoms with Crippen molar-refractivity contribution in [3.8, 4) is 0 Å². The molecule has 3 rings (SSSR count). The van der Waals surface area contributed by atoms with E-state index < -0.39 is 0 Å². The van der Waals surface area contributed by atoms with Gasteiger partial charge in [-0.3, -0.25) is 14.5 Å². The second-order valence-electron chi connectivity index (χ2n) is 6.56. The molecule has 0 N–H and O–H groups in total. The highest BCUT2D eigenvalue weighted by Crippen LogP contribution is 2.48. The summed E-state index contributed by atoms with van der Waals surface area (Å²) in [7, 11) is 1.44. The van der Waals surface area contributed by atoms with Gasteiger partial charge in [0.05, 0.1) is 7.11 Å². The Kier molecular flexibility index (Phi) is 4.30. The topological polar surface area (TPSA) is 46.6 Å². The van der Waals surface area contributed by atoms with Crippen molar-refractivity contribution in [1.29, 1.82) is 0 Å². The molecule has 2 fully saturated rings. The first kappa shape index (κ1) is 15.2. The van der Waals surface area contributed by atoms with Gasteiger partial charge in [0, 0.05) is 24.8 Å². The fraction of sp³-hybridized carbons (Fsp3) is 0.556. The van der Waals surface area contributed by atoms with Crippen LogP contribution in [-0.4, -0.2) is 36.3 Å². The van der Waals surface area contributed by atoms with Gasteiger partial charge in [-0.25, -0.2) is 0 Å². The van der Waals surface area contributed by atoms with Gasteiger partial charge in [0.1, 0.15) is 11.8 Å². The summed E-state index contributed by atoms with van der Waals surface area (Å²) in [5.74, 6) is 0.102. The van der Waals surface area contributed by atoms with Gasteiger partial charge < -0.3 is 4.74 Å². The van der Waals surface area contributed by atoms with Crippen molar-refractivity contribution in [2.24, 2.45) is 5.41 Å². The minimum Gasteiger partial charge on any atom is -0.468 e. The van der Waals surface area contributed by atoms with Crippen LogP contribution in [0.4, 0.5) is 0 Å². The van der Waals surface area contributed by atoms with Crippen molar-refractivity contribution in [3.63, 3.8) is 0 Å². The third kappa shape index (κ3) is 2.80. The lowest BCUT2D eigenvalue weighted by molar-refractivity contribution is -0.151. The SMILES string of the molecule is COC(=O)C1N(Cc2ccccc2)CCC12CCCC(=O)C2. The number of hydrogen-bond donors (Lipinski definition) is 0. The number of carbonyl (C=O) groups excluding carboxylic acids is 2. The molecule has 0 aromatic heterocycles. The van der Waals surface area contributed by atoms with E-state index in [-0.39, 0.29) is 17.4 Å². The predicted molar refractivity (Wildman–Crippen MR) is 83.2 cm³/mol. The molecule has 0 amide bonds. The van der Waals surface area contributed by atoms with E-state index >= 15 is 0 Å². The molecule has 4 nitrogen and oxygen atoms in total. The average Bonchev–Trinajstić information content (AvgIpc) is 2.85. The van der Waals surface area contributed by atoms with Crippen molar-refractivity contribution in [2.45, 2.75) is 44.7 Å². The Morgan fingerprint density at radius 3 is 2.77 bits per heavy atom. The van der Waals surface area contributed by atoms with E-state index in [1.54, 1.807) is 0 Å². The van der Waals surface area contributed by atoms with Crippen LogP contribution in [0.2, 0.25) is 0 Å². The van der Waals surface area contributed by atoms with Gasteiger partial charge in [0.25, 0.3) is 0 Å². The van der Waals surface area contributed by atoms with Gasteiger partial charge in [-0.15, -0.1) is 0 Å². The molecule has 4 heteroatoms. The molecule has 2 unspecified atom stereocenters. The molecule has 1 heterocycles. The third-order valence-electron chi connectivity index (χ3n) is 5.17. The maximum Gasteiger partial charge on any atom is 0.323 e. The Bertz CT molecular complexity index is 557. The molecule has 2 atom stereocenters. The minimum absolute atomic E-state index is 0.192. The number of carbonyl (C=O) groups is 2. The molecule has 1 saturated carbocycles. The molecule has 0 bridgehead atoms. The normalized spacial score (nSPS) is 29.0. The Labute approximate surface area is 131 Å². The van der Waals surface area contributed by atoms with Gasteiger partial charge in [-0.2, -0.15) is 0 Å². The molecule has 1 aliphatic carbocycles. The van der Waals surface area contributed by atoms with E-state index in [9.17, 15) is 9.59 Å². The number of likely N-dealkylation sites (tertiary alicyclic amines) is 1. The lowest BCUT2D eigenvalue weighted by Gasteiger charge is -2.38. The number of Topliss-reactive ketones (excluding diaryl/α,β-unsaturated/α-hetero) is 1. The zero-order chi connectivity index (χ0) is 15.6. The van der Waals surface area contributed by atoms with Crippen LogP contribution >= 0.6 is 0 Å². The summed E-state index contributed by atoms with van der Waals surface area (Å²) >= 11 is 0. The number of methoxy groups -OCH3 is 1. The van der Waals surface area contributed by atoms with Crippen LogP contribution in [0.15, 0.2) is 30.3 Å². The predicted octanol–water partition coefficient (Wildman–Crippen LogP) is 2.56. The van der Waals surface area contributed by atoms with Crippen LogP contribution in [0.1, 0.15) is 37.7 Å². The minimum atomic E-state index is -0.290. The first-order valence-electron chi connectivity index (χ1n) is 8.02. The monoisotopic (exact) mass is 301 g/mol. The lowest BCUT2D eigenvalue weighted by Crippen LogP contribution is -2.48. The molecular formula is C18H23NO3. The molecule has 0 radical (unpaired) electrons. The van der Waals surface area contributed by atoms with Crippen LogP contribution in [-0.2, 0) is 20.9 Å². The van der Waals surface area contributed by atoms with Crippen molar-refractivity contribution in [2.75, 3.05) is 13.7 Å². The fourth-order valence-electron chi connectivity index (χ4n) is 4.17. The first-order chi connectivity index (χ1) is 10.6. The molecule has 118 valence electrons. The summed E-state index contributed by atoms with van der Waals surface area (Å²) in [5.41, 5.74) is 0.979. The first-order valence-corrected chi connectivity index (χ1v) is 8.02. The second-order valence-corrected chi connectivity index (χ2v) is 6.56. The smallest absolute Gasteiger partial charge is 0.323 e. The van der Waals surface area contributed by atoms with Gasteiger partial charge in [0.15, 0.2) is 0 Å². The zero-order valence-corrected chi connectivity index (χ0v) is 13.1. The standard InChI is InChI=1S/C18H23NO3/c1-22-17(21)16-18(9-5-8-15(20)12-18)10-11-19(16)13-14-6-3-2-4-7-14/h2-4,6-7,16H,5,8-13H2,1H3. The molecule has 22 heavy (non-hydrogen) atoms. The highest BCUT2D eigenvalue weighted by atomic mass is 16.5. The number of ether oxygens (including phenoxy) is 1. The number of nitrogens with zero attached hydrogens (tertiary/aromatic N) is 1. The number of benzene rings is 1. The van der Waals surface area contributed by atoms with Crippen LogP contribution in [0.5, 0.6) is 0 Å². The van der Waals surface area contributed by atoms with Crippen molar-refractivity contribution in [1.82, 2.24) is 4.90 Å². The lowest BCUT2D eigenvalue weighted by atomic mass is 9.68. The van der Waals surface area contributed by atoms with Crippen molar-refractivity contribution < 1.29 is 14.3 Å². The molecule has 2 aliphatic rings. The highest BCUT2D eigenvalue weighted by Gasteiger charge is 2.53. The highest BCUT2D eigenvalue weighted by molar-refractivity contribution is 5.83. The van der Waals surface area contributed by atoms with Crippen LogP contribution in [0.3, 0.4) is 0 Å². The van der Waals surface area contributed by atoms with E-state index in [0.717, 1.165) is 32.4 Å². The average molecular weight is 301 g/mol. The largest absolute Gasteiger partial charge is 0.468 e. The summed E-state index contributed by atoms with van der Waals surface area (Å²) in [6, 6.07) is 9.88. The number of ketones is 1.